The predicted molar refractivity (Wildman–Crippen MR) is 76.7 cm³/mol. The second-order valence-electron chi connectivity index (χ2n) is 3.36. The monoisotopic (exact) mass is 331 g/mol. The Kier molecular flexibility index (Phi) is 6.82. The van der Waals surface area contributed by atoms with Crippen molar-refractivity contribution in [2.75, 3.05) is 23.4 Å². The molecule has 0 unspecified atom stereocenters. The van der Waals surface area contributed by atoms with Gasteiger partial charge in [0.25, 0.3) is 0 Å². The van der Waals surface area contributed by atoms with E-state index < -0.39 is 0 Å². The number of ether oxygens (including phenoxy) is 1. The van der Waals surface area contributed by atoms with Crippen molar-refractivity contribution in [2.24, 2.45) is 0 Å². The van der Waals surface area contributed by atoms with Crippen LogP contribution in [0, 0.1) is 0 Å². The van der Waals surface area contributed by atoms with Gasteiger partial charge in [0.15, 0.2) is 0 Å². The van der Waals surface area contributed by atoms with E-state index >= 15 is 0 Å². The lowest BCUT2D eigenvalue weighted by molar-refractivity contribution is -0.139. The van der Waals surface area contributed by atoms with Gasteiger partial charge >= 0.3 is 5.97 Å². The summed E-state index contributed by atoms with van der Waals surface area (Å²) in [5.74, 6) is -0.00871. The van der Waals surface area contributed by atoms with Crippen molar-refractivity contribution in [3.8, 4) is 0 Å². The highest BCUT2D eigenvalue weighted by Gasteiger charge is 2.06. The van der Waals surface area contributed by atoms with Crippen molar-refractivity contribution in [1.82, 2.24) is 0 Å². The number of carbonyl (C=O) groups excluding carboxylic acids is 2. The molecule has 0 radical (unpaired) electrons. The highest BCUT2D eigenvalue weighted by atomic mass is 79.9. The number of nitrogens with one attached hydrogen (secondary N) is 1. The number of thioether (sulfide) groups is 1. The molecule has 0 aliphatic carbocycles. The molecule has 98 valence electrons. The van der Waals surface area contributed by atoms with Crippen LogP contribution in [0.5, 0.6) is 0 Å². The van der Waals surface area contributed by atoms with Gasteiger partial charge in [-0.1, -0.05) is 22.0 Å². The maximum atomic E-state index is 11.6. The minimum absolute atomic E-state index is 0.137. The normalized spacial score (nSPS) is 9.89. The average molecular weight is 332 g/mol. The number of anilines is 1. The smallest absolute Gasteiger partial charge is 0.315 e. The van der Waals surface area contributed by atoms with Gasteiger partial charge in [-0.05, 0) is 25.1 Å². The molecule has 0 heterocycles. The van der Waals surface area contributed by atoms with Crippen LogP contribution in [0.2, 0.25) is 0 Å². The Morgan fingerprint density at radius 2 is 2.17 bits per heavy atom. The third-order valence-corrected chi connectivity index (χ3v) is 3.27. The standard InChI is InChI=1S/C12H14BrNO3S/c1-2-17-12(16)8-18-7-11(15)14-10-5-3-4-9(13)6-10/h3-6H,2,7-8H2,1H3,(H,14,15). The van der Waals surface area contributed by atoms with Gasteiger partial charge in [0.2, 0.25) is 5.91 Å². The summed E-state index contributed by atoms with van der Waals surface area (Å²) in [5, 5.41) is 2.75. The zero-order valence-corrected chi connectivity index (χ0v) is 12.3. The van der Waals surface area contributed by atoms with Gasteiger partial charge in [-0.2, -0.15) is 0 Å². The van der Waals surface area contributed by atoms with Crippen molar-refractivity contribution in [3.63, 3.8) is 0 Å². The Labute approximate surface area is 119 Å². The Balaban J connectivity index is 2.28. The fraction of sp³-hybridized carbons (Fsp3) is 0.333. The fourth-order valence-electron chi connectivity index (χ4n) is 1.19. The second kappa shape index (κ2) is 8.16. The van der Waals surface area contributed by atoms with Gasteiger partial charge in [-0.25, -0.2) is 0 Å². The van der Waals surface area contributed by atoms with Crippen LogP contribution in [0.3, 0.4) is 0 Å². The number of amides is 1. The van der Waals surface area contributed by atoms with Gasteiger partial charge < -0.3 is 10.1 Å². The van der Waals surface area contributed by atoms with Crippen molar-refractivity contribution in [2.45, 2.75) is 6.92 Å². The minimum atomic E-state index is -0.294. The summed E-state index contributed by atoms with van der Waals surface area (Å²) in [7, 11) is 0. The van der Waals surface area contributed by atoms with E-state index in [1.807, 2.05) is 18.2 Å². The van der Waals surface area contributed by atoms with Crippen LogP contribution in [0.1, 0.15) is 6.92 Å². The molecule has 0 saturated heterocycles. The summed E-state index contributed by atoms with van der Waals surface area (Å²) >= 11 is 4.56. The summed E-state index contributed by atoms with van der Waals surface area (Å²) in [6, 6.07) is 7.34. The first kappa shape index (κ1) is 15.0. The zero-order chi connectivity index (χ0) is 13.4. The molecule has 1 rings (SSSR count). The van der Waals surface area contributed by atoms with Crippen molar-refractivity contribution >= 4 is 45.3 Å². The number of halogens is 1. The van der Waals surface area contributed by atoms with Crippen LogP contribution in [0.15, 0.2) is 28.7 Å². The maximum Gasteiger partial charge on any atom is 0.315 e. The molecule has 0 bridgehead atoms. The summed E-state index contributed by atoms with van der Waals surface area (Å²) in [6.07, 6.45) is 0. The Morgan fingerprint density at radius 3 is 2.83 bits per heavy atom. The van der Waals surface area contributed by atoms with Gasteiger partial charge in [-0.3, -0.25) is 9.59 Å². The van der Waals surface area contributed by atoms with Crippen molar-refractivity contribution in [1.29, 1.82) is 0 Å². The fourth-order valence-corrected chi connectivity index (χ4v) is 2.20. The molecule has 0 spiro atoms. The zero-order valence-electron chi connectivity index (χ0n) is 9.94. The van der Waals surface area contributed by atoms with E-state index in [1.165, 1.54) is 11.8 Å². The molecular formula is C12H14BrNO3S. The number of hydrogen-bond donors (Lipinski definition) is 1. The summed E-state index contributed by atoms with van der Waals surface area (Å²) in [5.41, 5.74) is 0.728. The summed E-state index contributed by atoms with van der Waals surface area (Å²) in [4.78, 5) is 22.6. The second-order valence-corrected chi connectivity index (χ2v) is 5.26. The van der Waals surface area contributed by atoms with Crippen LogP contribution >= 0.6 is 27.7 Å². The molecule has 0 aromatic heterocycles. The number of rotatable bonds is 6. The van der Waals surface area contributed by atoms with Crippen LogP contribution in [-0.4, -0.2) is 30.0 Å². The largest absolute Gasteiger partial charge is 0.465 e. The molecule has 1 amide bonds. The molecule has 18 heavy (non-hydrogen) atoms. The lowest BCUT2D eigenvalue weighted by atomic mass is 10.3. The quantitative estimate of drug-likeness (QED) is 0.814. The number of hydrogen-bond acceptors (Lipinski definition) is 4. The highest BCUT2D eigenvalue weighted by molar-refractivity contribution is 9.10. The molecule has 4 nitrogen and oxygen atoms in total. The molecule has 0 saturated carbocycles. The molecule has 0 aliphatic rings. The minimum Gasteiger partial charge on any atom is -0.465 e. The van der Waals surface area contributed by atoms with Gasteiger partial charge in [-0.15, -0.1) is 11.8 Å². The van der Waals surface area contributed by atoms with E-state index in [4.69, 9.17) is 4.74 Å². The molecule has 1 aromatic carbocycles. The van der Waals surface area contributed by atoms with Crippen molar-refractivity contribution < 1.29 is 14.3 Å². The van der Waals surface area contributed by atoms with Crippen molar-refractivity contribution in [3.05, 3.63) is 28.7 Å². The molecule has 6 heteroatoms. The topological polar surface area (TPSA) is 55.4 Å². The van der Waals surface area contributed by atoms with Crippen LogP contribution in [0.25, 0.3) is 0 Å². The van der Waals surface area contributed by atoms with E-state index in [9.17, 15) is 9.59 Å². The number of benzene rings is 1. The first-order chi connectivity index (χ1) is 8.61. The molecule has 0 fully saturated rings. The average Bonchev–Trinajstić information content (AvgIpc) is 2.29. The first-order valence-corrected chi connectivity index (χ1v) is 7.35. The van der Waals surface area contributed by atoms with E-state index in [1.54, 1.807) is 13.0 Å². The number of carbonyl (C=O) groups is 2. The highest BCUT2D eigenvalue weighted by Crippen LogP contribution is 2.15. The lowest BCUT2D eigenvalue weighted by Gasteiger charge is -2.05. The summed E-state index contributed by atoms with van der Waals surface area (Å²) < 4.78 is 5.66. The Bertz CT molecular complexity index is 426. The van der Waals surface area contributed by atoms with E-state index in [-0.39, 0.29) is 23.4 Å². The summed E-state index contributed by atoms with van der Waals surface area (Å²) in [6.45, 7) is 2.12. The van der Waals surface area contributed by atoms with E-state index in [0.717, 1.165) is 10.2 Å². The Hall–Kier alpha value is -1.01. The van der Waals surface area contributed by atoms with Gasteiger partial charge in [0.05, 0.1) is 18.1 Å². The number of esters is 1. The first-order valence-electron chi connectivity index (χ1n) is 5.40. The van der Waals surface area contributed by atoms with Crippen LogP contribution < -0.4 is 5.32 Å². The van der Waals surface area contributed by atoms with Crippen LogP contribution in [-0.2, 0) is 14.3 Å². The van der Waals surface area contributed by atoms with E-state index in [0.29, 0.717) is 6.61 Å². The molecular weight excluding hydrogens is 318 g/mol. The third-order valence-electron chi connectivity index (χ3n) is 1.87. The molecule has 1 aromatic rings. The predicted octanol–water partition coefficient (Wildman–Crippen LogP) is 2.68. The van der Waals surface area contributed by atoms with E-state index in [2.05, 4.69) is 21.2 Å². The van der Waals surface area contributed by atoms with Gasteiger partial charge in [0.1, 0.15) is 0 Å². The lowest BCUT2D eigenvalue weighted by Crippen LogP contribution is -2.16. The Morgan fingerprint density at radius 1 is 1.39 bits per heavy atom. The molecule has 0 aliphatic heterocycles. The third kappa shape index (κ3) is 6.07. The van der Waals surface area contributed by atoms with Crippen LogP contribution in [0.4, 0.5) is 5.69 Å². The molecule has 1 N–H and O–H groups in total. The maximum absolute atomic E-state index is 11.6. The SMILES string of the molecule is CCOC(=O)CSCC(=O)Nc1cccc(Br)c1. The van der Waals surface area contributed by atoms with Gasteiger partial charge in [0, 0.05) is 10.2 Å². The molecule has 0 atom stereocenters.